The molecule has 0 saturated carbocycles. The zero-order chi connectivity index (χ0) is 14.3. The van der Waals surface area contributed by atoms with Crippen LogP contribution in [0.25, 0.3) is 0 Å². The molecule has 5 heteroatoms. The SMILES string of the molecule is CC[C@H](C)NC(=O)COC(=O)c1cccc(OC)c1. The van der Waals surface area contributed by atoms with Crippen LogP contribution in [0.5, 0.6) is 5.75 Å². The zero-order valence-electron chi connectivity index (χ0n) is 11.4. The monoisotopic (exact) mass is 265 g/mol. The molecule has 0 unspecified atom stereocenters. The van der Waals surface area contributed by atoms with E-state index in [-0.39, 0.29) is 18.6 Å². The maximum Gasteiger partial charge on any atom is 0.338 e. The van der Waals surface area contributed by atoms with E-state index in [1.54, 1.807) is 24.3 Å². The second kappa shape index (κ2) is 7.41. The van der Waals surface area contributed by atoms with Gasteiger partial charge in [-0.25, -0.2) is 4.79 Å². The van der Waals surface area contributed by atoms with Crippen molar-refractivity contribution in [3.05, 3.63) is 29.8 Å². The molecule has 0 aliphatic rings. The molecule has 1 rings (SSSR count). The molecule has 104 valence electrons. The summed E-state index contributed by atoms with van der Waals surface area (Å²) in [5, 5.41) is 2.72. The highest BCUT2D eigenvalue weighted by molar-refractivity contribution is 5.91. The van der Waals surface area contributed by atoms with E-state index in [9.17, 15) is 9.59 Å². The molecule has 0 radical (unpaired) electrons. The largest absolute Gasteiger partial charge is 0.497 e. The molecule has 0 aliphatic carbocycles. The standard InChI is InChI=1S/C14H19NO4/c1-4-10(2)15-13(16)9-19-14(17)11-6-5-7-12(8-11)18-3/h5-8,10H,4,9H2,1-3H3,(H,15,16)/t10-/m0/s1. The number of hydrogen-bond acceptors (Lipinski definition) is 4. The Kier molecular flexibility index (Phi) is 5.85. The van der Waals surface area contributed by atoms with Crippen molar-refractivity contribution in [1.29, 1.82) is 0 Å². The van der Waals surface area contributed by atoms with Crippen molar-refractivity contribution in [2.75, 3.05) is 13.7 Å². The Bertz CT molecular complexity index is 445. The molecule has 0 fully saturated rings. The molecule has 0 bridgehead atoms. The van der Waals surface area contributed by atoms with Crippen LogP contribution in [0.1, 0.15) is 30.6 Å². The van der Waals surface area contributed by atoms with Crippen molar-refractivity contribution in [2.45, 2.75) is 26.3 Å². The van der Waals surface area contributed by atoms with Crippen LogP contribution in [0.2, 0.25) is 0 Å². The summed E-state index contributed by atoms with van der Waals surface area (Å²) in [6, 6.07) is 6.66. The maximum atomic E-state index is 11.7. The van der Waals surface area contributed by atoms with E-state index in [4.69, 9.17) is 9.47 Å². The first-order valence-electron chi connectivity index (χ1n) is 6.17. The minimum Gasteiger partial charge on any atom is -0.497 e. The zero-order valence-corrected chi connectivity index (χ0v) is 11.4. The highest BCUT2D eigenvalue weighted by atomic mass is 16.5. The fourth-order valence-electron chi connectivity index (χ4n) is 1.38. The van der Waals surface area contributed by atoms with Gasteiger partial charge >= 0.3 is 5.97 Å². The Labute approximate surface area is 112 Å². The summed E-state index contributed by atoms with van der Waals surface area (Å²) < 4.78 is 9.94. The van der Waals surface area contributed by atoms with Gasteiger partial charge in [0.05, 0.1) is 12.7 Å². The van der Waals surface area contributed by atoms with Gasteiger partial charge in [0.1, 0.15) is 5.75 Å². The van der Waals surface area contributed by atoms with Crippen molar-refractivity contribution in [2.24, 2.45) is 0 Å². The molecule has 1 aromatic carbocycles. The molecular formula is C14H19NO4. The number of benzene rings is 1. The van der Waals surface area contributed by atoms with Gasteiger partial charge in [-0.3, -0.25) is 4.79 Å². The van der Waals surface area contributed by atoms with Crippen LogP contribution in [0, 0.1) is 0 Å². The van der Waals surface area contributed by atoms with E-state index in [2.05, 4.69) is 5.32 Å². The number of carbonyl (C=O) groups excluding carboxylic acids is 2. The molecule has 5 nitrogen and oxygen atoms in total. The summed E-state index contributed by atoms with van der Waals surface area (Å²) in [7, 11) is 1.52. The van der Waals surface area contributed by atoms with Crippen molar-refractivity contribution in [3.63, 3.8) is 0 Å². The number of hydrogen-bond donors (Lipinski definition) is 1. The number of esters is 1. The molecule has 0 aliphatic heterocycles. The van der Waals surface area contributed by atoms with Crippen molar-refractivity contribution in [1.82, 2.24) is 5.32 Å². The van der Waals surface area contributed by atoms with E-state index in [1.165, 1.54) is 7.11 Å². The van der Waals surface area contributed by atoms with Gasteiger partial charge in [-0.1, -0.05) is 13.0 Å². The topological polar surface area (TPSA) is 64.6 Å². The number of methoxy groups -OCH3 is 1. The molecule has 0 saturated heterocycles. The molecule has 1 amide bonds. The third-order valence-electron chi connectivity index (χ3n) is 2.66. The summed E-state index contributed by atoms with van der Waals surface area (Å²) in [5.41, 5.74) is 0.357. The number of ether oxygens (including phenoxy) is 2. The van der Waals surface area contributed by atoms with Gasteiger partial charge in [0.25, 0.3) is 5.91 Å². The molecule has 19 heavy (non-hydrogen) atoms. The fraction of sp³-hybridized carbons (Fsp3) is 0.429. The van der Waals surface area contributed by atoms with Crippen LogP contribution in [0.3, 0.4) is 0 Å². The molecular weight excluding hydrogens is 246 g/mol. The fourth-order valence-corrected chi connectivity index (χ4v) is 1.38. The Balaban J connectivity index is 2.48. The molecule has 1 N–H and O–H groups in total. The van der Waals surface area contributed by atoms with Gasteiger partial charge in [0.15, 0.2) is 6.61 Å². The lowest BCUT2D eigenvalue weighted by Crippen LogP contribution is -2.35. The van der Waals surface area contributed by atoms with E-state index < -0.39 is 5.97 Å². The van der Waals surface area contributed by atoms with Gasteiger partial charge in [-0.05, 0) is 31.5 Å². The number of nitrogens with one attached hydrogen (secondary N) is 1. The van der Waals surface area contributed by atoms with Gasteiger partial charge in [0.2, 0.25) is 0 Å². The Morgan fingerprint density at radius 3 is 2.74 bits per heavy atom. The van der Waals surface area contributed by atoms with E-state index in [1.807, 2.05) is 13.8 Å². The van der Waals surface area contributed by atoms with E-state index in [0.29, 0.717) is 11.3 Å². The second-order valence-electron chi connectivity index (χ2n) is 4.18. The average molecular weight is 265 g/mol. The van der Waals surface area contributed by atoms with Gasteiger partial charge in [0, 0.05) is 6.04 Å². The average Bonchev–Trinajstić information content (AvgIpc) is 2.44. The minimum atomic E-state index is -0.543. The third kappa shape index (κ3) is 4.99. The lowest BCUT2D eigenvalue weighted by atomic mass is 10.2. The lowest BCUT2D eigenvalue weighted by Gasteiger charge is -2.11. The molecule has 1 aromatic rings. The third-order valence-corrected chi connectivity index (χ3v) is 2.66. The molecule has 0 aromatic heterocycles. The summed E-state index contributed by atoms with van der Waals surface area (Å²) in [4.78, 5) is 23.2. The number of rotatable bonds is 6. The van der Waals surface area contributed by atoms with Gasteiger partial charge in [-0.15, -0.1) is 0 Å². The maximum absolute atomic E-state index is 11.7. The van der Waals surface area contributed by atoms with Crippen LogP contribution in [-0.2, 0) is 9.53 Å². The smallest absolute Gasteiger partial charge is 0.338 e. The summed E-state index contributed by atoms with van der Waals surface area (Å²) in [5.74, 6) is -0.276. The summed E-state index contributed by atoms with van der Waals surface area (Å²) in [6.07, 6.45) is 0.829. The lowest BCUT2D eigenvalue weighted by molar-refractivity contribution is -0.124. The van der Waals surface area contributed by atoms with Crippen molar-refractivity contribution < 1.29 is 19.1 Å². The highest BCUT2D eigenvalue weighted by Crippen LogP contribution is 2.13. The first kappa shape index (κ1) is 15.0. The molecule has 1 atom stereocenters. The van der Waals surface area contributed by atoms with Gasteiger partial charge < -0.3 is 14.8 Å². The van der Waals surface area contributed by atoms with Crippen molar-refractivity contribution in [3.8, 4) is 5.75 Å². The van der Waals surface area contributed by atoms with Crippen LogP contribution in [0.15, 0.2) is 24.3 Å². The predicted octanol–water partition coefficient (Wildman–Crippen LogP) is 1.77. The second-order valence-corrected chi connectivity index (χ2v) is 4.18. The first-order chi connectivity index (χ1) is 9.06. The molecule has 0 spiro atoms. The number of carbonyl (C=O) groups is 2. The van der Waals surface area contributed by atoms with E-state index in [0.717, 1.165) is 6.42 Å². The predicted molar refractivity (Wildman–Crippen MR) is 71.2 cm³/mol. The Morgan fingerprint density at radius 1 is 1.37 bits per heavy atom. The van der Waals surface area contributed by atoms with Crippen molar-refractivity contribution >= 4 is 11.9 Å². The highest BCUT2D eigenvalue weighted by Gasteiger charge is 2.11. The minimum absolute atomic E-state index is 0.0722. The number of amides is 1. The Hall–Kier alpha value is -2.04. The normalized spacial score (nSPS) is 11.5. The van der Waals surface area contributed by atoms with Crippen LogP contribution in [-0.4, -0.2) is 31.6 Å². The van der Waals surface area contributed by atoms with E-state index >= 15 is 0 Å². The van der Waals surface area contributed by atoms with Crippen LogP contribution >= 0.6 is 0 Å². The van der Waals surface area contributed by atoms with Gasteiger partial charge in [-0.2, -0.15) is 0 Å². The summed E-state index contributed by atoms with van der Waals surface area (Å²) >= 11 is 0. The summed E-state index contributed by atoms with van der Waals surface area (Å²) in [6.45, 7) is 3.58. The van der Waals surface area contributed by atoms with Crippen LogP contribution in [0.4, 0.5) is 0 Å². The van der Waals surface area contributed by atoms with Crippen LogP contribution < -0.4 is 10.1 Å². The quantitative estimate of drug-likeness (QED) is 0.796. The Morgan fingerprint density at radius 2 is 2.11 bits per heavy atom. The molecule has 0 heterocycles. The first-order valence-corrected chi connectivity index (χ1v) is 6.17.